The van der Waals surface area contributed by atoms with Gasteiger partial charge >= 0.3 is 0 Å². The molecule has 27 heavy (non-hydrogen) atoms. The number of pyridine rings is 2. The van der Waals surface area contributed by atoms with E-state index in [1.54, 1.807) is 6.07 Å². The van der Waals surface area contributed by atoms with Gasteiger partial charge < -0.3 is 14.7 Å². The third kappa shape index (κ3) is 3.52. The summed E-state index contributed by atoms with van der Waals surface area (Å²) in [5, 5.41) is 2.83. The second kappa shape index (κ2) is 7.02. The number of rotatable bonds is 4. The minimum absolute atomic E-state index is 0.185. The number of aromatic amines is 1. The molecule has 1 atom stereocenters. The summed E-state index contributed by atoms with van der Waals surface area (Å²) in [5.41, 5.74) is 4.69. The molecule has 6 nitrogen and oxygen atoms in total. The van der Waals surface area contributed by atoms with Crippen molar-refractivity contribution in [2.45, 2.75) is 46.1 Å². The van der Waals surface area contributed by atoms with Crippen molar-refractivity contribution in [1.29, 1.82) is 0 Å². The summed E-state index contributed by atoms with van der Waals surface area (Å²) in [6.07, 6.45) is 7.85. The number of nitrogens with zero attached hydrogens (tertiary/aromatic N) is 2. The fourth-order valence-corrected chi connectivity index (χ4v) is 3.78. The summed E-state index contributed by atoms with van der Waals surface area (Å²) in [7, 11) is 0. The molecule has 0 aromatic carbocycles. The summed E-state index contributed by atoms with van der Waals surface area (Å²) in [6, 6.07) is 5.77. The van der Waals surface area contributed by atoms with Gasteiger partial charge in [0.15, 0.2) is 0 Å². The summed E-state index contributed by atoms with van der Waals surface area (Å²) < 4.78 is 1.92. The molecule has 2 N–H and O–H groups in total. The SMILES string of the molecule is CCC1CCc2[nH]c(=O)c(C(=O)NCc3cn4ccc(C)cc4n3)cc2C1. The zero-order valence-electron chi connectivity index (χ0n) is 15.7. The lowest BCUT2D eigenvalue weighted by atomic mass is 9.84. The van der Waals surface area contributed by atoms with E-state index in [9.17, 15) is 9.59 Å². The monoisotopic (exact) mass is 364 g/mol. The molecule has 0 spiro atoms. The van der Waals surface area contributed by atoms with Crippen molar-refractivity contribution >= 4 is 11.6 Å². The molecular formula is C21H24N4O2. The fourth-order valence-electron chi connectivity index (χ4n) is 3.78. The Morgan fingerprint density at radius 1 is 1.41 bits per heavy atom. The molecule has 0 bridgehead atoms. The fraction of sp³-hybridized carbons (Fsp3) is 0.381. The predicted octanol–water partition coefficient (Wildman–Crippen LogP) is 2.78. The van der Waals surface area contributed by atoms with Crippen molar-refractivity contribution in [3.8, 4) is 0 Å². The minimum atomic E-state index is -0.356. The molecule has 3 aromatic rings. The summed E-state index contributed by atoms with van der Waals surface area (Å²) >= 11 is 0. The molecule has 4 rings (SSSR count). The van der Waals surface area contributed by atoms with E-state index in [0.717, 1.165) is 53.8 Å². The number of aryl methyl sites for hydroxylation is 2. The van der Waals surface area contributed by atoms with Crippen molar-refractivity contribution in [3.63, 3.8) is 0 Å². The number of H-pyrrole nitrogens is 1. The molecule has 140 valence electrons. The van der Waals surface area contributed by atoms with Crippen LogP contribution in [0.25, 0.3) is 5.65 Å². The Labute approximate surface area is 157 Å². The molecular weight excluding hydrogens is 340 g/mol. The molecule has 0 saturated heterocycles. The number of imidazole rings is 1. The molecule has 0 aliphatic heterocycles. The highest BCUT2D eigenvalue weighted by molar-refractivity contribution is 5.94. The van der Waals surface area contributed by atoms with Gasteiger partial charge in [0.25, 0.3) is 11.5 Å². The summed E-state index contributed by atoms with van der Waals surface area (Å²) in [5.74, 6) is 0.270. The van der Waals surface area contributed by atoms with Gasteiger partial charge in [0.05, 0.1) is 12.2 Å². The van der Waals surface area contributed by atoms with Gasteiger partial charge in [0.2, 0.25) is 0 Å². The van der Waals surface area contributed by atoms with E-state index in [4.69, 9.17) is 0 Å². The van der Waals surface area contributed by atoms with E-state index in [1.807, 2.05) is 35.9 Å². The summed E-state index contributed by atoms with van der Waals surface area (Å²) in [6.45, 7) is 4.49. The Balaban J connectivity index is 1.51. The van der Waals surface area contributed by atoms with Crippen LogP contribution in [0.3, 0.4) is 0 Å². The highest BCUT2D eigenvalue weighted by atomic mass is 16.2. The average Bonchev–Trinajstić information content (AvgIpc) is 3.07. The lowest BCUT2D eigenvalue weighted by molar-refractivity contribution is 0.0948. The van der Waals surface area contributed by atoms with Crippen LogP contribution in [-0.4, -0.2) is 20.3 Å². The zero-order chi connectivity index (χ0) is 19.0. The van der Waals surface area contributed by atoms with Crippen molar-refractivity contribution in [1.82, 2.24) is 19.7 Å². The second-order valence-electron chi connectivity index (χ2n) is 7.42. The lowest BCUT2D eigenvalue weighted by Crippen LogP contribution is -2.31. The second-order valence-corrected chi connectivity index (χ2v) is 7.42. The van der Waals surface area contributed by atoms with Gasteiger partial charge in [-0.1, -0.05) is 13.3 Å². The van der Waals surface area contributed by atoms with Crippen LogP contribution >= 0.6 is 0 Å². The Morgan fingerprint density at radius 3 is 3.07 bits per heavy atom. The molecule has 0 radical (unpaired) electrons. The van der Waals surface area contributed by atoms with Crippen LogP contribution < -0.4 is 10.9 Å². The highest BCUT2D eigenvalue weighted by Gasteiger charge is 2.21. The lowest BCUT2D eigenvalue weighted by Gasteiger charge is -2.23. The van der Waals surface area contributed by atoms with E-state index in [2.05, 4.69) is 22.2 Å². The van der Waals surface area contributed by atoms with Gasteiger partial charge in [-0.2, -0.15) is 0 Å². The van der Waals surface area contributed by atoms with Crippen LogP contribution in [0.5, 0.6) is 0 Å². The number of carbonyl (C=O) groups excluding carboxylic acids is 1. The van der Waals surface area contributed by atoms with Gasteiger partial charge in [-0.05, 0) is 61.4 Å². The summed E-state index contributed by atoms with van der Waals surface area (Å²) in [4.78, 5) is 32.3. The molecule has 0 fully saturated rings. The maximum atomic E-state index is 12.6. The number of amides is 1. The van der Waals surface area contributed by atoms with E-state index >= 15 is 0 Å². The first-order valence-electron chi connectivity index (χ1n) is 9.51. The Morgan fingerprint density at radius 2 is 2.26 bits per heavy atom. The van der Waals surface area contributed by atoms with Crippen LogP contribution in [0.2, 0.25) is 0 Å². The zero-order valence-corrected chi connectivity index (χ0v) is 15.7. The smallest absolute Gasteiger partial charge is 0.261 e. The van der Waals surface area contributed by atoms with Gasteiger partial charge in [-0.15, -0.1) is 0 Å². The minimum Gasteiger partial charge on any atom is -0.346 e. The first-order chi connectivity index (χ1) is 13.0. The molecule has 0 saturated carbocycles. The average molecular weight is 364 g/mol. The van der Waals surface area contributed by atoms with Crippen molar-refractivity contribution in [3.05, 3.63) is 69.0 Å². The maximum Gasteiger partial charge on any atom is 0.261 e. The van der Waals surface area contributed by atoms with Crippen molar-refractivity contribution < 1.29 is 4.79 Å². The van der Waals surface area contributed by atoms with Gasteiger partial charge in [0.1, 0.15) is 11.2 Å². The number of aromatic nitrogens is 3. The topological polar surface area (TPSA) is 79.3 Å². The molecule has 1 aliphatic rings. The van der Waals surface area contributed by atoms with E-state index < -0.39 is 0 Å². The predicted molar refractivity (Wildman–Crippen MR) is 104 cm³/mol. The quantitative estimate of drug-likeness (QED) is 0.747. The molecule has 6 heteroatoms. The van der Waals surface area contributed by atoms with Gasteiger partial charge in [-0.3, -0.25) is 9.59 Å². The first kappa shape index (κ1) is 17.5. The van der Waals surface area contributed by atoms with Crippen LogP contribution in [0.15, 0.2) is 35.4 Å². The van der Waals surface area contributed by atoms with Gasteiger partial charge in [0, 0.05) is 18.1 Å². The Kier molecular flexibility index (Phi) is 4.56. The third-order valence-corrected chi connectivity index (χ3v) is 5.44. The third-order valence-electron chi connectivity index (χ3n) is 5.44. The van der Waals surface area contributed by atoms with Crippen LogP contribution in [0.1, 0.15) is 52.6 Å². The molecule has 1 amide bonds. The number of hydrogen-bond acceptors (Lipinski definition) is 3. The van der Waals surface area contributed by atoms with Crippen LogP contribution in [0.4, 0.5) is 0 Å². The maximum absolute atomic E-state index is 12.6. The molecule has 1 aliphatic carbocycles. The number of nitrogens with one attached hydrogen (secondary N) is 2. The van der Waals surface area contributed by atoms with Crippen LogP contribution in [-0.2, 0) is 19.4 Å². The number of fused-ring (bicyclic) bond motifs is 2. The van der Waals surface area contributed by atoms with Gasteiger partial charge in [-0.25, -0.2) is 4.98 Å². The van der Waals surface area contributed by atoms with E-state index in [1.165, 1.54) is 0 Å². The van der Waals surface area contributed by atoms with Crippen molar-refractivity contribution in [2.24, 2.45) is 5.92 Å². The number of carbonyl (C=O) groups is 1. The van der Waals surface area contributed by atoms with Crippen molar-refractivity contribution in [2.75, 3.05) is 0 Å². The normalized spacial score (nSPS) is 16.3. The Hall–Kier alpha value is -2.89. The molecule has 3 heterocycles. The molecule has 3 aromatic heterocycles. The van der Waals surface area contributed by atoms with E-state index in [0.29, 0.717) is 5.92 Å². The molecule has 1 unspecified atom stereocenters. The highest BCUT2D eigenvalue weighted by Crippen LogP contribution is 2.25. The van der Waals surface area contributed by atoms with Crippen LogP contribution in [0, 0.1) is 12.8 Å². The standard InChI is InChI=1S/C21H24N4O2/c1-3-14-4-5-18-15(9-14)10-17(21(27)24-18)20(26)22-11-16-12-25-7-6-13(2)8-19(25)23-16/h6-8,10,12,14H,3-5,9,11H2,1-2H3,(H,22,26)(H,24,27). The largest absolute Gasteiger partial charge is 0.346 e. The Bertz CT molecular complexity index is 1060. The first-order valence-corrected chi connectivity index (χ1v) is 9.51. The van der Waals surface area contributed by atoms with E-state index in [-0.39, 0.29) is 23.6 Å². The number of hydrogen-bond donors (Lipinski definition) is 2.